The zero-order chi connectivity index (χ0) is 20.2. The van der Waals surface area contributed by atoms with Gasteiger partial charge in [0.2, 0.25) is 0 Å². The van der Waals surface area contributed by atoms with Gasteiger partial charge in [-0.15, -0.1) is 11.3 Å². The summed E-state index contributed by atoms with van der Waals surface area (Å²) in [5, 5.41) is 13.2. The van der Waals surface area contributed by atoms with Gasteiger partial charge in [0.25, 0.3) is 5.91 Å². The molecule has 1 heterocycles. The van der Waals surface area contributed by atoms with E-state index in [1.165, 1.54) is 11.3 Å². The van der Waals surface area contributed by atoms with Crippen molar-refractivity contribution >= 4 is 44.8 Å². The van der Waals surface area contributed by atoms with Crippen LogP contribution in [0.15, 0.2) is 72.8 Å². The summed E-state index contributed by atoms with van der Waals surface area (Å²) in [6.07, 6.45) is 1.79. The Bertz CT molecular complexity index is 1230. The number of thiazole rings is 1. The quantitative estimate of drug-likeness (QED) is 0.436. The first-order chi connectivity index (χ1) is 14.1. The van der Waals surface area contributed by atoms with E-state index < -0.39 is 0 Å². The van der Waals surface area contributed by atoms with Gasteiger partial charge in [0.05, 0.1) is 15.8 Å². The van der Waals surface area contributed by atoms with Gasteiger partial charge < -0.3 is 5.32 Å². The highest BCUT2D eigenvalue weighted by Gasteiger charge is 2.09. The summed E-state index contributed by atoms with van der Waals surface area (Å²) in [6, 6.07) is 24.9. The van der Waals surface area contributed by atoms with Gasteiger partial charge in [-0.1, -0.05) is 42.0 Å². The van der Waals surface area contributed by atoms with Gasteiger partial charge in [0.1, 0.15) is 11.1 Å². The Morgan fingerprint density at radius 2 is 1.86 bits per heavy atom. The lowest BCUT2D eigenvalue weighted by Crippen LogP contribution is -2.11. The normalized spacial score (nSPS) is 11.2. The molecule has 0 radical (unpaired) electrons. The van der Waals surface area contributed by atoms with Crippen molar-refractivity contribution in [3.63, 3.8) is 0 Å². The maximum atomic E-state index is 12.4. The third kappa shape index (κ3) is 4.23. The number of amides is 1. The summed E-state index contributed by atoms with van der Waals surface area (Å²) in [6.45, 7) is 1.98. The minimum Gasteiger partial charge on any atom is -0.322 e. The van der Waals surface area contributed by atoms with E-state index in [1.54, 1.807) is 18.2 Å². The molecule has 4 aromatic rings. The molecule has 0 aliphatic heterocycles. The topological polar surface area (TPSA) is 65.8 Å². The predicted octanol–water partition coefficient (Wildman–Crippen LogP) is 5.92. The number of para-hydroxylation sites is 1. The molecule has 1 N–H and O–H groups in total. The number of fused-ring (bicyclic) bond motifs is 1. The highest BCUT2D eigenvalue weighted by molar-refractivity contribution is 7.19. The van der Waals surface area contributed by atoms with E-state index in [2.05, 4.69) is 16.4 Å². The lowest BCUT2D eigenvalue weighted by atomic mass is 10.1. The van der Waals surface area contributed by atoms with Crippen molar-refractivity contribution in [2.75, 3.05) is 5.32 Å². The van der Waals surface area contributed by atoms with Gasteiger partial charge in [0.15, 0.2) is 0 Å². The Hall–Kier alpha value is -3.75. The molecule has 5 heteroatoms. The average molecular weight is 395 g/mol. The van der Waals surface area contributed by atoms with Crippen molar-refractivity contribution in [3.05, 3.63) is 94.5 Å². The van der Waals surface area contributed by atoms with Crippen LogP contribution in [0, 0.1) is 18.3 Å². The van der Waals surface area contributed by atoms with Crippen LogP contribution in [0.4, 0.5) is 5.69 Å². The second-order valence-electron chi connectivity index (χ2n) is 6.60. The van der Waals surface area contributed by atoms with Crippen LogP contribution in [-0.2, 0) is 0 Å². The fourth-order valence-corrected chi connectivity index (χ4v) is 3.84. The first kappa shape index (κ1) is 18.6. The number of nitriles is 1. The molecule has 29 heavy (non-hydrogen) atoms. The minimum atomic E-state index is -0.169. The van der Waals surface area contributed by atoms with Gasteiger partial charge in [-0.05, 0) is 55.0 Å². The number of aryl methyl sites for hydroxylation is 1. The minimum absolute atomic E-state index is 0.169. The molecule has 4 rings (SSSR count). The molecule has 0 unspecified atom stereocenters. The van der Waals surface area contributed by atoms with Crippen molar-refractivity contribution < 1.29 is 4.79 Å². The maximum absolute atomic E-state index is 12.4. The summed E-state index contributed by atoms with van der Waals surface area (Å²) in [5.41, 5.74) is 4.57. The third-order valence-electron chi connectivity index (χ3n) is 4.41. The van der Waals surface area contributed by atoms with E-state index >= 15 is 0 Å². The number of hydrogen-bond donors (Lipinski definition) is 1. The monoisotopic (exact) mass is 395 g/mol. The predicted molar refractivity (Wildman–Crippen MR) is 119 cm³/mol. The number of allylic oxidation sites excluding steroid dienone is 1. The van der Waals surface area contributed by atoms with E-state index in [0.717, 1.165) is 21.3 Å². The van der Waals surface area contributed by atoms with Crippen molar-refractivity contribution in [3.8, 4) is 6.07 Å². The van der Waals surface area contributed by atoms with Crippen molar-refractivity contribution in [1.29, 1.82) is 5.26 Å². The highest BCUT2D eigenvalue weighted by Crippen LogP contribution is 2.28. The van der Waals surface area contributed by atoms with E-state index in [9.17, 15) is 10.1 Å². The Morgan fingerprint density at radius 1 is 1.07 bits per heavy atom. The van der Waals surface area contributed by atoms with Gasteiger partial charge >= 0.3 is 0 Å². The van der Waals surface area contributed by atoms with E-state index in [0.29, 0.717) is 21.8 Å². The first-order valence-corrected chi connectivity index (χ1v) is 9.90. The van der Waals surface area contributed by atoms with E-state index in [-0.39, 0.29) is 5.91 Å². The summed E-state index contributed by atoms with van der Waals surface area (Å²) in [7, 11) is 0. The number of nitrogens with zero attached hydrogens (tertiary/aromatic N) is 2. The summed E-state index contributed by atoms with van der Waals surface area (Å²) in [4.78, 5) is 17.0. The Labute approximate surface area is 172 Å². The highest BCUT2D eigenvalue weighted by atomic mass is 32.1. The number of benzene rings is 3. The van der Waals surface area contributed by atoms with Gasteiger partial charge in [-0.2, -0.15) is 5.26 Å². The molecule has 0 atom stereocenters. The van der Waals surface area contributed by atoms with Crippen LogP contribution >= 0.6 is 11.3 Å². The van der Waals surface area contributed by atoms with E-state index in [1.807, 2.05) is 67.6 Å². The van der Waals surface area contributed by atoms with Gasteiger partial charge in [-0.3, -0.25) is 4.79 Å². The molecule has 0 fully saturated rings. The van der Waals surface area contributed by atoms with Crippen LogP contribution in [-0.4, -0.2) is 10.9 Å². The van der Waals surface area contributed by atoms with Crippen LogP contribution in [0.1, 0.15) is 26.5 Å². The van der Waals surface area contributed by atoms with Crippen LogP contribution in [0.25, 0.3) is 21.9 Å². The lowest BCUT2D eigenvalue weighted by molar-refractivity contribution is 0.102. The fraction of sp³-hybridized carbons (Fsp3) is 0.0417. The second kappa shape index (κ2) is 8.09. The largest absolute Gasteiger partial charge is 0.322 e. The van der Waals surface area contributed by atoms with Crippen LogP contribution in [0.3, 0.4) is 0 Å². The second-order valence-corrected chi connectivity index (χ2v) is 7.63. The number of anilines is 1. The molecular formula is C24H17N3OS. The Balaban J connectivity index is 1.59. The van der Waals surface area contributed by atoms with Crippen LogP contribution in [0.5, 0.6) is 0 Å². The Morgan fingerprint density at radius 3 is 2.62 bits per heavy atom. The number of hydrogen-bond acceptors (Lipinski definition) is 4. The molecule has 4 nitrogen and oxygen atoms in total. The average Bonchev–Trinajstić information content (AvgIpc) is 3.17. The van der Waals surface area contributed by atoms with Crippen molar-refractivity contribution in [2.45, 2.75) is 6.92 Å². The van der Waals surface area contributed by atoms with E-state index in [4.69, 9.17) is 0 Å². The summed E-state index contributed by atoms with van der Waals surface area (Å²) < 4.78 is 1.04. The molecule has 0 aliphatic carbocycles. The molecule has 0 aliphatic rings. The number of carbonyl (C=O) groups is 1. The molecule has 140 valence electrons. The molecule has 1 amide bonds. The van der Waals surface area contributed by atoms with Crippen LogP contribution in [0.2, 0.25) is 0 Å². The van der Waals surface area contributed by atoms with Crippen molar-refractivity contribution in [2.24, 2.45) is 0 Å². The van der Waals surface area contributed by atoms with Crippen LogP contribution < -0.4 is 5.32 Å². The molecule has 0 bridgehead atoms. The summed E-state index contributed by atoms with van der Waals surface area (Å²) >= 11 is 1.49. The molecule has 0 saturated heterocycles. The summed E-state index contributed by atoms with van der Waals surface area (Å²) in [5.74, 6) is -0.169. The Kier molecular flexibility index (Phi) is 5.19. The lowest BCUT2D eigenvalue weighted by Gasteiger charge is -2.06. The standard InChI is InChI=1S/C24H17N3OS/c1-16-9-11-18(12-10-16)23(28)26-20-6-4-5-17(14-20)13-19(15-25)24-27-21-7-2-3-8-22(21)29-24/h2-14H,1H3,(H,26,28)/b19-13+. The number of aromatic nitrogens is 1. The SMILES string of the molecule is Cc1ccc(C(=O)Nc2cccc(/C=C(\C#N)c3nc4ccccc4s3)c2)cc1. The number of carbonyl (C=O) groups excluding carboxylic acids is 1. The smallest absolute Gasteiger partial charge is 0.255 e. The molecule has 0 saturated carbocycles. The maximum Gasteiger partial charge on any atom is 0.255 e. The molecule has 3 aromatic carbocycles. The molecule has 1 aromatic heterocycles. The molecule has 0 spiro atoms. The van der Waals surface area contributed by atoms with Gasteiger partial charge in [0, 0.05) is 11.3 Å². The van der Waals surface area contributed by atoms with Gasteiger partial charge in [-0.25, -0.2) is 4.98 Å². The molecular weight excluding hydrogens is 378 g/mol. The zero-order valence-electron chi connectivity index (χ0n) is 15.7. The van der Waals surface area contributed by atoms with Crippen molar-refractivity contribution in [1.82, 2.24) is 4.98 Å². The first-order valence-electron chi connectivity index (χ1n) is 9.08. The number of nitrogens with one attached hydrogen (secondary N) is 1. The zero-order valence-corrected chi connectivity index (χ0v) is 16.5. The number of rotatable bonds is 4. The fourth-order valence-electron chi connectivity index (χ4n) is 2.91. The third-order valence-corrected chi connectivity index (χ3v) is 5.48.